The lowest BCUT2D eigenvalue weighted by atomic mass is 9.83. The van der Waals surface area contributed by atoms with Gasteiger partial charge in [0.15, 0.2) is 0 Å². The SMILES string of the molecule is CC.CC.CC.CC.CC.CC.CC.CC.CC.CC.CC.CC.CC.CC.CCC(CC)Cc1ccc(-c2ccc(-c3ccc(C)cc3)cc2)cc1.CCC(CC)Cc1ccc2c(c1)CCc1cc(C)ccc1-2.CCC(CC)Cc1ccc2c(ccc3cc(C)ccc32)c1.CCc1ccc(-c2cc(CC)cc(CC)c2)cc1.CCc1ccc(-c2ccc(CC)c(CC)c2)cc1.Cc1ccc(-c2ccc(CCC(C)C)cc2)cc1. The van der Waals surface area contributed by atoms with Crippen LogP contribution in [-0.2, 0) is 77.0 Å². The summed E-state index contributed by atoms with van der Waals surface area (Å²) in [6.07, 6.45) is 22.8. The quantitative estimate of drug-likeness (QED) is 0.0474. The van der Waals surface area contributed by atoms with Gasteiger partial charge in [-0.25, -0.2) is 0 Å². The molecule has 0 heteroatoms. The maximum atomic E-state index is 2.47. The van der Waals surface area contributed by atoms with Gasteiger partial charge in [0.25, 0.3) is 0 Å². The number of hydrogen-bond acceptors (Lipinski definition) is 0. The van der Waals surface area contributed by atoms with Gasteiger partial charge in [0.1, 0.15) is 0 Å². The molecule has 0 spiro atoms. The van der Waals surface area contributed by atoms with Gasteiger partial charge >= 0.3 is 0 Å². The minimum absolute atomic E-state index is 0.779. The molecule has 14 aromatic rings. The predicted octanol–water partition coefficient (Wildman–Crippen LogP) is 49.0. The number of benzene rings is 14. The number of aryl methyl sites for hydroxylation is 13. The second-order valence-electron chi connectivity index (χ2n) is 34.8. The smallest absolute Gasteiger partial charge is 0.0105 e. The Kier molecular flexibility index (Phi) is 93.5. The molecule has 0 fully saturated rings. The Morgan fingerprint density at radius 1 is 0.188 bits per heavy atom. The molecule has 0 saturated heterocycles. The lowest BCUT2D eigenvalue weighted by molar-refractivity contribution is 0.490. The van der Waals surface area contributed by atoms with Crippen molar-refractivity contribution in [3.63, 3.8) is 0 Å². The molecule has 14 aromatic carbocycles. The molecule has 824 valence electrons. The van der Waals surface area contributed by atoms with Crippen LogP contribution in [0.4, 0.5) is 0 Å². The van der Waals surface area contributed by atoms with Gasteiger partial charge in [0.2, 0.25) is 0 Å². The fourth-order valence-corrected chi connectivity index (χ4v) is 17.0. The Hall–Kier alpha value is -10.4. The van der Waals surface area contributed by atoms with Crippen LogP contribution in [0.2, 0.25) is 0 Å². The highest BCUT2D eigenvalue weighted by Gasteiger charge is 2.18. The van der Waals surface area contributed by atoms with E-state index in [1.54, 1.807) is 5.56 Å². The minimum atomic E-state index is 0.779. The van der Waals surface area contributed by atoms with Crippen LogP contribution in [0, 0.1) is 51.4 Å². The average Bonchev–Trinajstić information content (AvgIpc) is 0.783. The average molecular weight is 2020 g/mol. The second kappa shape index (κ2) is 94.8. The third-order valence-electron chi connectivity index (χ3n) is 25.6. The molecule has 0 saturated carbocycles. The van der Waals surface area contributed by atoms with Crippen molar-refractivity contribution in [2.45, 2.75) is 440 Å². The first-order chi connectivity index (χ1) is 72.8. The largest absolute Gasteiger partial charge is 0.0683 e. The van der Waals surface area contributed by atoms with E-state index in [0.717, 1.165) is 62.2 Å². The maximum Gasteiger partial charge on any atom is -0.0105 e. The van der Waals surface area contributed by atoms with Crippen LogP contribution < -0.4 is 0 Å². The fourth-order valence-electron chi connectivity index (χ4n) is 17.0. The van der Waals surface area contributed by atoms with Crippen molar-refractivity contribution in [2.75, 3.05) is 0 Å². The lowest BCUT2D eigenvalue weighted by Crippen LogP contribution is -2.07. The molecule has 0 N–H and O–H groups in total. The summed E-state index contributed by atoms with van der Waals surface area (Å²) in [6, 6.07) is 109. The first-order valence-electron chi connectivity index (χ1n) is 60.8. The van der Waals surface area contributed by atoms with E-state index in [-0.39, 0.29) is 0 Å². The lowest BCUT2D eigenvalue weighted by Gasteiger charge is -2.22. The Morgan fingerprint density at radius 3 is 0.805 bits per heavy atom. The van der Waals surface area contributed by atoms with Gasteiger partial charge in [0.05, 0.1) is 0 Å². The van der Waals surface area contributed by atoms with Crippen molar-refractivity contribution in [1.82, 2.24) is 0 Å². The van der Waals surface area contributed by atoms with Crippen molar-refractivity contribution in [3.8, 4) is 66.8 Å². The molecular weight excluding hydrogens is 1790 g/mol. The molecule has 0 heterocycles. The third kappa shape index (κ3) is 54.4. The predicted molar refractivity (Wildman–Crippen MR) is 694 cm³/mol. The molecule has 0 bridgehead atoms. The highest BCUT2D eigenvalue weighted by Crippen LogP contribution is 2.37. The minimum Gasteiger partial charge on any atom is -0.0683 e. The van der Waals surface area contributed by atoms with Crippen molar-refractivity contribution in [2.24, 2.45) is 23.7 Å². The van der Waals surface area contributed by atoms with E-state index in [0.29, 0.717) is 0 Å². The summed E-state index contributed by atoms with van der Waals surface area (Å²) in [5.41, 5.74) is 38.9. The van der Waals surface area contributed by atoms with E-state index < -0.39 is 0 Å². The van der Waals surface area contributed by atoms with Gasteiger partial charge in [-0.3, -0.25) is 0 Å². The molecule has 0 radical (unpaired) electrons. The first kappa shape index (κ1) is 147. The monoisotopic (exact) mass is 2020 g/mol. The Morgan fingerprint density at radius 2 is 0.450 bits per heavy atom. The second-order valence-corrected chi connectivity index (χ2v) is 34.8. The van der Waals surface area contributed by atoms with E-state index in [1.807, 2.05) is 194 Å². The molecule has 15 rings (SSSR count). The van der Waals surface area contributed by atoms with Crippen LogP contribution in [0.5, 0.6) is 0 Å². The Labute approximate surface area is 926 Å². The number of fused-ring (bicyclic) bond motifs is 6. The normalized spacial score (nSPS) is 9.79. The van der Waals surface area contributed by atoms with Gasteiger partial charge < -0.3 is 0 Å². The highest BCUT2D eigenvalue weighted by atomic mass is 14.2. The van der Waals surface area contributed by atoms with Gasteiger partial charge in [-0.05, 0) is 290 Å². The topological polar surface area (TPSA) is 0 Å². The van der Waals surface area contributed by atoms with E-state index in [9.17, 15) is 0 Å². The van der Waals surface area contributed by atoms with Gasteiger partial charge in [0, 0.05) is 0 Å². The van der Waals surface area contributed by atoms with Crippen LogP contribution in [0.25, 0.3) is 88.3 Å². The Balaban J connectivity index is -0.000000532. The van der Waals surface area contributed by atoms with Crippen LogP contribution in [0.1, 0.15) is 425 Å². The van der Waals surface area contributed by atoms with E-state index in [2.05, 4.69) is 416 Å². The van der Waals surface area contributed by atoms with Crippen molar-refractivity contribution in [1.29, 1.82) is 0 Å². The molecule has 0 atom stereocenters. The van der Waals surface area contributed by atoms with E-state index in [4.69, 9.17) is 0 Å². The molecule has 1 aliphatic rings. The maximum absolute atomic E-state index is 2.47. The summed E-state index contributed by atoms with van der Waals surface area (Å²) in [6.45, 7) is 96.2. The van der Waals surface area contributed by atoms with Crippen LogP contribution in [-0.4, -0.2) is 0 Å². The molecule has 0 aromatic heterocycles. The molecule has 149 heavy (non-hydrogen) atoms. The number of rotatable bonds is 26. The molecule has 0 nitrogen and oxygen atoms in total. The van der Waals surface area contributed by atoms with Crippen LogP contribution in [0.15, 0.2) is 291 Å². The zero-order valence-electron chi connectivity index (χ0n) is 105. The standard InChI is InChI=1S/C25H28.C21H26.C21H24.3C18H22.14C2H6/c1-4-20(5-2)18-21-8-12-23(13-9-21)25-16-14-24(15-17-25)22-10-6-19(3)7-11-22;2*1-4-16(5-2)13-17-7-11-21-19(14-17)9-8-18-12-15(3)6-10-20(18)21;1-14(2)4-7-16-8-12-18(13-9-16)17-10-5-15(3)6-11-17;1-4-14-7-9-17(10-8-14)18-12-15(5-2)11-16(6-3)13-18;1-4-14-7-9-17(10-8-14)18-12-11-15(5-2)16(6-3)13-18;14*1-2/h6-17,20H,4-5,18H2,1-3H3;6-7,10-12,14,16H,4-5,8-9,13H2,1-3H3;6-12,14,16H,4-5,13H2,1-3H3;5-6,8-14H,4,7H2,1-3H3;2*7-13H,4-6H2,1-3H3;14*1-2H3. The van der Waals surface area contributed by atoms with Crippen LogP contribution in [0.3, 0.4) is 0 Å². The summed E-state index contributed by atoms with van der Waals surface area (Å²) in [4.78, 5) is 0. The zero-order chi connectivity index (χ0) is 114. The fraction of sp³-hybridized carbons (Fsp3) is 0.463. The summed E-state index contributed by atoms with van der Waals surface area (Å²) < 4.78 is 0. The molecule has 1 aliphatic carbocycles. The first-order valence-corrected chi connectivity index (χ1v) is 60.8. The summed E-state index contributed by atoms with van der Waals surface area (Å²) >= 11 is 0. The van der Waals surface area contributed by atoms with Gasteiger partial charge in [-0.2, -0.15) is 0 Å². The molecule has 0 unspecified atom stereocenters. The molecular formula is C149H228. The number of hydrogen-bond donors (Lipinski definition) is 0. The summed E-state index contributed by atoms with van der Waals surface area (Å²) in [5.74, 6) is 3.23. The zero-order valence-corrected chi connectivity index (χ0v) is 105. The third-order valence-corrected chi connectivity index (χ3v) is 25.6. The van der Waals surface area contributed by atoms with E-state index >= 15 is 0 Å². The van der Waals surface area contributed by atoms with Crippen molar-refractivity contribution < 1.29 is 0 Å². The van der Waals surface area contributed by atoms with Gasteiger partial charge in [-0.1, -0.05) is 643 Å². The van der Waals surface area contributed by atoms with Crippen molar-refractivity contribution in [3.05, 3.63) is 380 Å². The van der Waals surface area contributed by atoms with Gasteiger partial charge in [-0.15, -0.1) is 0 Å². The highest BCUT2D eigenvalue weighted by molar-refractivity contribution is 6.07. The molecule has 0 aliphatic heterocycles. The van der Waals surface area contributed by atoms with Crippen LogP contribution >= 0.6 is 0 Å². The Bertz CT molecular complexity index is 5400. The van der Waals surface area contributed by atoms with Crippen molar-refractivity contribution >= 4 is 21.5 Å². The summed E-state index contributed by atoms with van der Waals surface area (Å²) in [7, 11) is 0. The molecule has 0 amide bonds. The summed E-state index contributed by atoms with van der Waals surface area (Å²) in [5, 5.41) is 5.46. The van der Waals surface area contributed by atoms with E-state index in [1.165, 1.54) is 255 Å².